The molecule has 0 spiro atoms. The van der Waals surface area contributed by atoms with Crippen LogP contribution in [0.15, 0.2) is 12.1 Å². The molecule has 3 aliphatic rings. The number of nitrogens with zero attached hydrogens (tertiary/aromatic N) is 1. The molecule has 2 N–H and O–H groups in total. The molecule has 4 rings (SSSR count). The van der Waals surface area contributed by atoms with Gasteiger partial charge in [-0.15, -0.1) is 12.4 Å². The summed E-state index contributed by atoms with van der Waals surface area (Å²) in [4.78, 5) is 14.3. The third-order valence-electron chi connectivity index (χ3n) is 5.75. The molecule has 0 saturated heterocycles. The molecule has 1 aliphatic heterocycles. The highest BCUT2D eigenvalue weighted by molar-refractivity contribution is 5.95. The van der Waals surface area contributed by atoms with Crippen LogP contribution in [0.2, 0.25) is 0 Å². The molecule has 2 aliphatic carbocycles. The maximum atomic E-state index is 14.0. The molecular formula is C18H24ClFN2O2. The van der Waals surface area contributed by atoms with E-state index >= 15 is 0 Å². The third-order valence-corrected chi connectivity index (χ3v) is 5.75. The fraction of sp³-hybridized carbons (Fsp3) is 0.611. The van der Waals surface area contributed by atoms with E-state index < -0.39 is 11.7 Å². The van der Waals surface area contributed by atoms with E-state index in [9.17, 15) is 9.18 Å². The second-order valence-electron chi connectivity index (χ2n) is 7.05. The molecule has 1 aromatic carbocycles. The van der Waals surface area contributed by atoms with Gasteiger partial charge in [-0.1, -0.05) is 12.8 Å². The molecular weight excluding hydrogens is 331 g/mol. The molecule has 0 aromatic heterocycles. The second-order valence-corrected chi connectivity index (χ2v) is 7.05. The number of ether oxygens (including phenoxy) is 1. The van der Waals surface area contributed by atoms with E-state index in [0.29, 0.717) is 36.2 Å². The Kier molecular flexibility index (Phi) is 5.02. The predicted molar refractivity (Wildman–Crippen MR) is 92.3 cm³/mol. The highest BCUT2D eigenvalue weighted by Crippen LogP contribution is 2.39. The molecule has 1 amide bonds. The summed E-state index contributed by atoms with van der Waals surface area (Å²) in [5, 5.41) is 0. The molecule has 2 fully saturated rings. The van der Waals surface area contributed by atoms with Crippen molar-refractivity contribution >= 4 is 18.3 Å². The Hall–Kier alpha value is -1.33. The van der Waals surface area contributed by atoms with Crippen molar-refractivity contribution in [3.63, 3.8) is 0 Å². The van der Waals surface area contributed by atoms with E-state index in [-0.39, 0.29) is 24.2 Å². The average Bonchev–Trinajstić information content (AvgIpc) is 2.42. The molecule has 1 atom stereocenters. The standard InChI is InChI=1S/C18H23FN2O2.ClH/c19-16-8-7-14(18(20)22)15-9-13(10-23-17(15)16)21(11-3-1-4-11)12-5-2-6-12;/h7-8,11-13H,1-6,9-10H2,(H2,20,22);1H. The quantitative estimate of drug-likeness (QED) is 0.904. The summed E-state index contributed by atoms with van der Waals surface area (Å²) >= 11 is 0. The van der Waals surface area contributed by atoms with Gasteiger partial charge in [-0.25, -0.2) is 4.39 Å². The molecule has 24 heavy (non-hydrogen) atoms. The zero-order chi connectivity index (χ0) is 16.0. The number of fused-ring (bicyclic) bond motifs is 1. The van der Waals surface area contributed by atoms with Gasteiger partial charge < -0.3 is 10.5 Å². The minimum absolute atomic E-state index is 0. The first kappa shape index (κ1) is 17.5. The van der Waals surface area contributed by atoms with Crippen LogP contribution in [0.4, 0.5) is 4.39 Å². The molecule has 4 nitrogen and oxygen atoms in total. The van der Waals surface area contributed by atoms with Crippen molar-refractivity contribution < 1.29 is 13.9 Å². The molecule has 1 aromatic rings. The number of halogens is 2. The van der Waals surface area contributed by atoms with Crippen LogP contribution in [-0.2, 0) is 6.42 Å². The Morgan fingerprint density at radius 3 is 2.25 bits per heavy atom. The van der Waals surface area contributed by atoms with Crippen molar-refractivity contribution in [3.8, 4) is 5.75 Å². The lowest BCUT2D eigenvalue weighted by molar-refractivity contribution is -0.0194. The van der Waals surface area contributed by atoms with E-state index in [1.165, 1.54) is 50.7 Å². The van der Waals surface area contributed by atoms with Crippen LogP contribution in [0, 0.1) is 5.82 Å². The summed E-state index contributed by atoms with van der Waals surface area (Å²) in [5.74, 6) is -0.689. The van der Waals surface area contributed by atoms with Crippen molar-refractivity contribution in [1.82, 2.24) is 4.90 Å². The molecule has 0 bridgehead atoms. The van der Waals surface area contributed by atoms with Gasteiger partial charge in [-0.3, -0.25) is 9.69 Å². The van der Waals surface area contributed by atoms with Gasteiger partial charge in [0.1, 0.15) is 6.61 Å². The number of benzene rings is 1. The monoisotopic (exact) mass is 354 g/mol. The maximum Gasteiger partial charge on any atom is 0.249 e. The molecule has 2 saturated carbocycles. The van der Waals surface area contributed by atoms with Crippen LogP contribution in [0.5, 0.6) is 5.75 Å². The maximum absolute atomic E-state index is 14.0. The molecule has 132 valence electrons. The van der Waals surface area contributed by atoms with Gasteiger partial charge >= 0.3 is 0 Å². The smallest absolute Gasteiger partial charge is 0.249 e. The Morgan fingerprint density at radius 1 is 1.12 bits per heavy atom. The van der Waals surface area contributed by atoms with E-state index in [0.717, 1.165) is 0 Å². The number of amides is 1. The number of rotatable bonds is 4. The zero-order valence-corrected chi connectivity index (χ0v) is 14.5. The van der Waals surface area contributed by atoms with Gasteiger partial charge in [0.05, 0.1) is 0 Å². The van der Waals surface area contributed by atoms with Gasteiger partial charge in [-0.05, 0) is 44.2 Å². The first-order valence-corrected chi connectivity index (χ1v) is 8.66. The van der Waals surface area contributed by atoms with Crippen molar-refractivity contribution in [3.05, 3.63) is 29.1 Å². The van der Waals surface area contributed by atoms with Crippen LogP contribution >= 0.6 is 12.4 Å². The second kappa shape index (κ2) is 6.89. The van der Waals surface area contributed by atoms with Gasteiger partial charge in [0.15, 0.2) is 11.6 Å². The Balaban J connectivity index is 0.00000169. The normalized spacial score (nSPS) is 23.5. The Morgan fingerprint density at radius 2 is 1.75 bits per heavy atom. The molecule has 6 heteroatoms. The summed E-state index contributed by atoms with van der Waals surface area (Å²) in [7, 11) is 0. The predicted octanol–water partition coefficient (Wildman–Crippen LogP) is 3.06. The number of primary amides is 1. The van der Waals surface area contributed by atoms with Gasteiger partial charge in [0.25, 0.3) is 0 Å². The van der Waals surface area contributed by atoms with Crippen molar-refractivity contribution in [2.24, 2.45) is 5.73 Å². The number of nitrogens with two attached hydrogens (primary N) is 1. The third kappa shape index (κ3) is 2.88. The van der Waals surface area contributed by atoms with Crippen LogP contribution in [0.25, 0.3) is 0 Å². The zero-order valence-electron chi connectivity index (χ0n) is 13.7. The largest absolute Gasteiger partial charge is 0.489 e. The molecule has 1 unspecified atom stereocenters. The minimum atomic E-state index is -0.510. The average molecular weight is 355 g/mol. The summed E-state index contributed by atoms with van der Waals surface area (Å²) < 4.78 is 19.8. The van der Waals surface area contributed by atoms with Crippen LogP contribution in [0.3, 0.4) is 0 Å². The van der Waals surface area contributed by atoms with Gasteiger partial charge in [-0.2, -0.15) is 0 Å². The minimum Gasteiger partial charge on any atom is -0.489 e. The van der Waals surface area contributed by atoms with Crippen molar-refractivity contribution in [2.45, 2.75) is 63.1 Å². The first-order valence-electron chi connectivity index (χ1n) is 8.66. The van der Waals surface area contributed by atoms with Crippen molar-refractivity contribution in [1.29, 1.82) is 0 Å². The number of carbonyl (C=O) groups is 1. The van der Waals surface area contributed by atoms with Gasteiger partial charge in [0, 0.05) is 29.3 Å². The summed E-state index contributed by atoms with van der Waals surface area (Å²) in [5.41, 5.74) is 6.52. The van der Waals surface area contributed by atoms with Crippen LogP contribution in [-0.4, -0.2) is 35.5 Å². The number of hydrogen-bond acceptors (Lipinski definition) is 3. The lowest BCUT2D eigenvalue weighted by Gasteiger charge is -2.51. The Labute approximate surface area is 147 Å². The van der Waals surface area contributed by atoms with E-state index in [2.05, 4.69) is 4.90 Å². The van der Waals surface area contributed by atoms with E-state index in [4.69, 9.17) is 10.5 Å². The number of hydrogen-bond donors (Lipinski definition) is 1. The SMILES string of the molecule is Cl.NC(=O)c1ccc(F)c2c1CC(N(C1CCC1)C1CCC1)CO2. The van der Waals surface area contributed by atoms with Crippen LogP contribution < -0.4 is 10.5 Å². The summed E-state index contributed by atoms with van der Waals surface area (Å²) in [6.45, 7) is 0.499. The van der Waals surface area contributed by atoms with Crippen molar-refractivity contribution in [2.75, 3.05) is 6.61 Å². The molecule has 1 heterocycles. The fourth-order valence-corrected chi connectivity index (χ4v) is 4.12. The summed E-state index contributed by atoms with van der Waals surface area (Å²) in [6, 6.07) is 4.23. The van der Waals surface area contributed by atoms with Crippen LogP contribution in [0.1, 0.15) is 54.4 Å². The highest BCUT2D eigenvalue weighted by Gasteiger charge is 2.40. The fourth-order valence-electron chi connectivity index (χ4n) is 4.12. The lowest BCUT2D eigenvalue weighted by Crippen LogP contribution is -2.57. The first-order chi connectivity index (χ1) is 11.1. The number of carbonyl (C=O) groups excluding carboxylic acids is 1. The van der Waals surface area contributed by atoms with E-state index in [1.54, 1.807) is 0 Å². The Bertz CT molecular complexity index is 618. The lowest BCUT2D eigenvalue weighted by atomic mass is 9.82. The highest BCUT2D eigenvalue weighted by atomic mass is 35.5. The molecule has 0 radical (unpaired) electrons. The summed E-state index contributed by atoms with van der Waals surface area (Å²) in [6.07, 6.45) is 8.20. The topological polar surface area (TPSA) is 55.6 Å². The van der Waals surface area contributed by atoms with E-state index in [1.807, 2.05) is 0 Å². The van der Waals surface area contributed by atoms with Gasteiger partial charge in [0.2, 0.25) is 5.91 Å².